The Bertz CT molecular complexity index is 1580. The first-order valence-corrected chi connectivity index (χ1v) is 12.2. The monoisotopic (exact) mass is 570 g/mol. The number of hydrogen-bond donors (Lipinski definition) is 0. The van der Waals surface area contributed by atoms with Gasteiger partial charge in [-0.3, -0.25) is 19.2 Å². The van der Waals surface area contributed by atoms with Gasteiger partial charge < -0.3 is 0 Å². The van der Waals surface area contributed by atoms with Gasteiger partial charge >= 0.3 is 23.9 Å². The number of carbonyl (C=O) groups is 4. The average Bonchev–Trinajstić information content (AvgIpc) is 2.92. The minimum Gasteiger partial charge on any atom is -0.290 e. The Kier molecular flexibility index (Phi) is 7.96. The van der Waals surface area contributed by atoms with Gasteiger partial charge in [0.25, 0.3) is 0 Å². The Balaban J connectivity index is 1.68. The Morgan fingerprint density at radius 2 is 0.976 bits per heavy atom. The zero-order valence-corrected chi connectivity index (χ0v) is 21.3. The fourth-order valence-corrected chi connectivity index (χ4v) is 4.49. The molecule has 0 radical (unpaired) electrons. The van der Waals surface area contributed by atoms with Gasteiger partial charge in [-0.2, -0.15) is 26.3 Å². The number of ketones is 4. The van der Waals surface area contributed by atoms with Gasteiger partial charge in [0, 0.05) is 12.8 Å². The number of carbonyl (C=O) groups excluding carboxylic acids is 4. The van der Waals surface area contributed by atoms with Gasteiger partial charge in [-0.05, 0) is 56.6 Å². The first-order valence-electron chi connectivity index (χ1n) is 12.2. The molecule has 0 fully saturated rings. The molecule has 0 N–H and O–H groups in total. The summed E-state index contributed by atoms with van der Waals surface area (Å²) in [5.41, 5.74) is 4.33. The highest BCUT2D eigenvalue weighted by atomic mass is 19.4. The van der Waals surface area contributed by atoms with E-state index in [1.54, 1.807) is 24.3 Å². The Morgan fingerprint density at radius 1 is 0.561 bits per heavy atom. The van der Waals surface area contributed by atoms with Crippen LogP contribution in [0.4, 0.5) is 26.3 Å². The molecule has 4 aromatic carbocycles. The van der Waals surface area contributed by atoms with E-state index in [1.807, 2.05) is 37.3 Å². The third-order valence-electron chi connectivity index (χ3n) is 6.54. The summed E-state index contributed by atoms with van der Waals surface area (Å²) in [5, 5.41) is 1.71. The maximum atomic E-state index is 12.6. The molecule has 41 heavy (non-hydrogen) atoms. The van der Waals surface area contributed by atoms with Gasteiger partial charge in [0.2, 0.25) is 11.6 Å². The van der Waals surface area contributed by atoms with E-state index in [1.165, 1.54) is 24.3 Å². The highest BCUT2D eigenvalue weighted by Crippen LogP contribution is 2.38. The van der Waals surface area contributed by atoms with Crippen molar-refractivity contribution in [2.24, 2.45) is 0 Å². The van der Waals surface area contributed by atoms with Crippen LogP contribution in [0.1, 0.15) is 16.7 Å². The van der Waals surface area contributed by atoms with E-state index < -0.39 is 48.3 Å². The Labute approximate surface area is 229 Å². The second-order valence-corrected chi connectivity index (χ2v) is 9.41. The number of fused-ring (bicyclic) bond motifs is 1. The maximum absolute atomic E-state index is 12.6. The number of hydrogen-bond acceptors (Lipinski definition) is 4. The molecule has 0 saturated carbocycles. The van der Waals surface area contributed by atoms with Crippen LogP contribution in [-0.4, -0.2) is 35.5 Å². The van der Waals surface area contributed by atoms with Crippen molar-refractivity contribution in [3.05, 3.63) is 95.6 Å². The highest BCUT2D eigenvalue weighted by molar-refractivity contribution is 6.40. The zero-order chi connectivity index (χ0) is 30.1. The van der Waals surface area contributed by atoms with E-state index in [0.29, 0.717) is 11.1 Å². The van der Waals surface area contributed by atoms with Crippen molar-refractivity contribution in [1.82, 2.24) is 0 Å². The van der Waals surface area contributed by atoms with Gasteiger partial charge in [-0.15, -0.1) is 0 Å². The van der Waals surface area contributed by atoms with E-state index >= 15 is 0 Å². The Hall–Kier alpha value is -4.60. The summed E-state index contributed by atoms with van der Waals surface area (Å²) in [4.78, 5) is 45.9. The molecule has 0 aromatic heterocycles. The predicted molar refractivity (Wildman–Crippen MR) is 139 cm³/mol. The largest absolute Gasteiger partial charge is 0.458 e. The van der Waals surface area contributed by atoms with E-state index in [4.69, 9.17) is 0 Å². The number of halogens is 6. The van der Waals surface area contributed by atoms with Crippen LogP contribution >= 0.6 is 0 Å². The van der Waals surface area contributed by atoms with Crippen molar-refractivity contribution < 1.29 is 45.5 Å². The molecule has 0 bridgehead atoms. The molecule has 0 aliphatic carbocycles. The summed E-state index contributed by atoms with van der Waals surface area (Å²) in [6.07, 6.45) is -11.9. The number of rotatable bonds is 8. The zero-order valence-electron chi connectivity index (χ0n) is 21.3. The lowest BCUT2D eigenvalue weighted by atomic mass is 9.89. The molecule has 210 valence electrons. The van der Waals surface area contributed by atoms with Gasteiger partial charge in [0.15, 0.2) is 0 Å². The first-order chi connectivity index (χ1) is 19.2. The van der Waals surface area contributed by atoms with Crippen LogP contribution < -0.4 is 0 Å². The van der Waals surface area contributed by atoms with Crippen molar-refractivity contribution >= 4 is 33.9 Å². The quantitative estimate of drug-likeness (QED) is 0.170. The summed E-state index contributed by atoms with van der Waals surface area (Å²) < 4.78 is 75.4. The Morgan fingerprint density at radius 3 is 1.39 bits per heavy atom. The van der Waals surface area contributed by atoms with Crippen molar-refractivity contribution in [3.63, 3.8) is 0 Å². The van der Waals surface area contributed by atoms with Crippen LogP contribution in [0, 0.1) is 6.92 Å². The molecule has 4 nitrogen and oxygen atoms in total. The normalized spacial score (nSPS) is 11.9. The van der Waals surface area contributed by atoms with Crippen LogP contribution in [0.5, 0.6) is 0 Å². The third kappa shape index (κ3) is 6.42. The molecule has 0 spiro atoms. The van der Waals surface area contributed by atoms with Gasteiger partial charge in [-0.25, -0.2) is 0 Å². The maximum Gasteiger partial charge on any atom is 0.458 e. The summed E-state index contributed by atoms with van der Waals surface area (Å²) in [6, 6.07) is 21.8. The minimum absolute atomic E-state index is 0.238. The molecule has 4 rings (SSSR count). The van der Waals surface area contributed by atoms with Crippen LogP contribution in [0.25, 0.3) is 33.0 Å². The molecule has 10 heteroatoms. The smallest absolute Gasteiger partial charge is 0.290 e. The topological polar surface area (TPSA) is 68.3 Å². The van der Waals surface area contributed by atoms with Crippen LogP contribution in [-0.2, 0) is 32.0 Å². The van der Waals surface area contributed by atoms with E-state index in [0.717, 1.165) is 27.5 Å². The van der Waals surface area contributed by atoms with Gasteiger partial charge in [0.1, 0.15) is 0 Å². The summed E-state index contributed by atoms with van der Waals surface area (Å²) in [5.74, 6) is -7.92. The summed E-state index contributed by atoms with van der Waals surface area (Å²) >= 11 is 0. The number of Topliss-reactive ketones (excluding diaryl/α,β-unsaturated/α-hetero) is 4. The van der Waals surface area contributed by atoms with Crippen molar-refractivity contribution in [3.8, 4) is 22.3 Å². The minimum atomic E-state index is -5.23. The number of aryl methyl sites for hydroxylation is 1. The standard InChI is InChI=1S/C31H20F6O4/c1-17-5-14-24(21-12-8-19(9-13-21)16-26(39)29(41)31(35,36)37)27-22(17)3-2-4-23(27)20-10-6-18(7-11-20)15-25(38)28(40)30(32,33)34/h2-14H,15-16H2,1H3. The molecule has 0 saturated heterocycles. The second kappa shape index (κ2) is 11.1. The third-order valence-corrected chi connectivity index (χ3v) is 6.54. The number of benzene rings is 4. The lowest BCUT2D eigenvalue weighted by Crippen LogP contribution is -2.31. The predicted octanol–water partition coefficient (Wildman–Crippen LogP) is 6.97. The highest BCUT2D eigenvalue weighted by Gasteiger charge is 2.43. The molecule has 0 atom stereocenters. The van der Waals surface area contributed by atoms with E-state index in [9.17, 15) is 45.5 Å². The van der Waals surface area contributed by atoms with Crippen LogP contribution in [0.2, 0.25) is 0 Å². The fraction of sp³-hybridized carbons (Fsp3) is 0.161. The molecular weight excluding hydrogens is 550 g/mol. The number of alkyl halides is 6. The first kappa shape index (κ1) is 29.4. The van der Waals surface area contributed by atoms with Crippen molar-refractivity contribution in [2.75, 3.05) is 0 Å². The van der Waals surface area contributed by atoms with E-state index in [-0.39, 0.29) is 11.1 Å². The second-order valence-electron chi connectivity index (χ2n) is 9.41. The SMILES string of the molecule is Cc1ccc(-c2ccc(CC(=O)C(=O)C(F)(F)F)cc2)c2c(-c3ccc(CC(=O)C(=O)C(F)(F)F)cc3)cccc12. The molecule has 0 aliphatic heterocycles. The molecule has 0 aliphatic rings. The summed E-state index contributed by atoms with van der Waals surface area (Å²) in [6.45, 7) is 1.91. The molecule has 4 aromatic rings. The van der Waals surface area contributed by atoms with E-state index in [2.05, 4.69) is 0 Å². The molecule has 0 heterocycles. The van der Waals surface area contributed by atoms with Crippen molar-refractivity contribution in [1.29, 1.82) is 0 Å². The van der Waals surface area contributed by atoms with Crippen LogP contribution in [0.15, 0.2) is 78.9 Å². The average molecular weight is 570 g/mol. The van der Waals surface area contributed by atoms with Gasteiger partial charge in [-0.1, -0.05) is 78.9 Å². The lowest BCUT2D eigenvalue weighted by Gasteiger charge is -2.15. The molecular formula is C31H20F6O4. The van der Waals surface area contributed by atoms with Gasteiger partial charge in [0.05, 0.1) is 0 Å². The van der Waals surface area contributed by atoms with Crippen LogP contribution in [0.3, 0.4) is 0 Å². The molecule has 0 amide bonds. The fourth-order valence-electron chi connectivity index (χ4n) is 4.49. The van der Waals surface area contributed by atoms with Crippen molar-refractivity contribution in [2.45, 2.75) is 32.1 Å². The molecule has 0 unspecified atom stereocenters. The lowest BCUT2D eigenvalue weighted by molar-refractivity contribution is -0.174. The summed E-state index contributed by atoms with van der Waals surface area (Å²) in [7, 11) is 0.